The van der Waals surface area contributed by atoms with Crippen LogP contribution < -0.4 is 14.2 Å². The SMILES string of the molecule is CCC1=CC(=O)C=C(OC)[C@@]1(O)C(=O)Oc1c(C)c(C)c(C(=O)Oc2cc(C)c(C(=O)Oc3c(C)c(C)c(C(=O)O)c(C)c3C)c(C)c2C)c(O)c1Br. The van der Waals surface area contributed by atoms with E-state index in [9.17, 15) is 39.3 Å². The number of benzene rings is 3. The predicted octanol–water partition coefficient (Wildman–Crippen LogP) is 7.15. The molecule has 0 radical (unpaired) electrons. The highest BCUT2D eigenvalue weighted by molar-refractivity contribution is 9.10. The van der Waals surface area contributed by atoms with Crippen LogP contribution in [0.3, 0.4) is 0 Å². The number of hydrogen-bond acceptors (Lipinski definition) is 11. The Morgan fingerprint density at radius 2 is 1.23 bits per heavy atom. The Hall–Kier alpha value is -5.27. The molecule has 0 spiro atoms. The van der Waals surface area contributed by atoms with Crippen molar-refractivity contribution in [1.29, 1.82) is 0 Å². The minimum Gasteiger partial charge on any atom is -0.506 e. The summed E-state index contributed by atoms with van der Waals surface area (Å²) < 4.78 is 22.3. The van der Waals surface area contributed by atoms with Crippen LogP contribution in [0.15, 0.2) is 34.0 Å². The van der Waals surface area contributed by atoms with Crippen molar-refractivity contribution in [2.75, 3.05) is 7.11 Å². The molecule has 280 valence electrons. The Morgan fingerprint density at radius 3 is 1.75 bits per heavy atom. The molecule has 3 aromatic rings. The summed E-state index contributed by atoms with van der Waals surface area (Å²) in [6.45, 7) is 16.4. The van der Waals surface area contributed by atoms with E-state index in [1.807, 2.05) is 0 Å². The lowest BCUT2D eigenvalue weighted by Gasteiger charge is -2.31. The van der Waals surface area contributed by atoms with Crippen molar-refractivity contribution in [1.82, 2.24) is 0 Å². The monoisotopic (exact) mass is 792 g/mol. The Bertz CT molecular complexity index is 2120. The van der Waals surface area contributed by atoms with E-state index in [2.05, 4.69) is 15.9 Å². The van der Waals surface area contributed by atoms with Gasteiger partial charge in [0.15, 0.2) is 11.5 Å². The summed E-state index contributed by atoms with van der Waals surface area (Å²) in [4.78, 5) is 64.8. The van der Waals surface area contributed by atoms with Gasteiger partial charge in [0.25, 0.3) is 0 Å². The molecule has 53 heavy (non-hydrogen) atoms. The molecule has 3 N–H and O–H groups in total. The summed E-state index contributed by atoms with van der Waals surface area (Å²) in [5.41, 5.74) is 1.61. The maximum absolute atomic E-state index is 13.7. The third kappa shape index (κ3) is 6.86. The van der Waals surface area contributed by atoms with Crippen LogP contribution in [0, 0.1) is 62.3 Å². The van der Waals surface area contributed by atoms with Gasteiger partial charge in [-0.1, -0.05) is 6.92 Å². The number of esters is 3. The highest BCUT2D eigenvalue weighted by Gasteiger charge is 2.49. The molecule has 0 fully saturated rings. The van der Waals surface area contributed by atoms with Gasteiger partial charge in [-0.25, -0.2) is 19.2 Å². The molecule has 0 aliphatic heterocycles. The van der Waals surface area contributed by atoms with Crippen LogP contribution in [0.1, 0.15) is 94.5 Å². The molecule has 13 heteroatoms. The number of phenols is 1. The number of rotatable bonds is 9. The fraction of sp³-hybridized carbons (Fsp3) is 0.325. The molecule has 1 aliphatic carbocycles. The van der Waals surface area contributed by atoms with Gasteiger partial charge < -0.3 is 34.3 Å². The van der Waals surface area contributed by atoms with E-state index in [1.54, 1.807) is 62.3 Å². The van der Waals surface area contributed by atoms with Gasteiger partial charge in [0.05, 0.1) is 18.2 Å². The smallest absolute Gasteiger partial charge is 0.356 e. The second-order valence-electron chi connectivity index (χ2n) is 13.0. The molecule has 12 nitrogen and oxygen atoms in total. The maximum atomic E-state index is 13.7. The highest BCUT2D eigenvalue weighted by Crippen LogP contribution is 2.44. The lowest BCUT2D eigenvalue weighted by molar-refractivity contribution is -0.151. The summed E-state index contributed by atoms with van der Waals surface area (Å²) >= 11 is 3.22. The van der Waals surface area contributed by atoms with Gasteiger partial charge in [-0.05, 0) is 152 Å². The van der Waals surface area contributed by atoms with E-state index in [0.29, 0.717) is 38.9 Å². The van der Waals surface area contributed by atoms with E-state index in [0.717, 1.165) is 12.2 Å². The first-order valence-corrected chi connectivity index (χ1v) is 17.3. The molecule has 0 heterocycles. The van der Waals surface area contributed by atoms with Crippen LogP contribution in [0.5, 0.6) is 23.0 Å². The normalized spacial score (nSPS) is 15.4. The largest absolute Gasteiger partial charge is 0.506 e. The van der Waals surface area contributed by atoms with E-state index >= 15 is 0 Å². The first kappa shape index (κ1) is 40.5. The third-order valence-corrected chi connectivity index (χ3v) is 10.8. The summed E-state index contributed by atoms with van der Waals surface area (Å²) in [6, 6.07) is 1.50. The fourth-order valence-corrected chi connectivity index (χ4v) is 7.05. The van der Waals surface area contributed by atoms with Crippen molar-refractivity contribution in [3.8, 4) is 23.0 Å². The Labute approximate surface area is 315 Å². The topological polar surface area (TPSA) is 183 Å². The average molecular weight is 794 g/mol. The van der Waals surface area contributed by atoms with Gasteiger partial charge in [-0.3, -0.25) is 4.79 Å². The van der Waals surface area contributed by atoms with Crippen molar-refractivity contribution >= 4 is 45.6 Å². The standard InChI is InChI=1S/C40H41BrO12/c1-12-25-14-26(42)15-28(50-11)40(25,49)39(48)53-35-24(10)21(7)31(33(43)32(35)41)38(47)51-27-13-16(2)29(18(4)17(27)3)37(46)52-34-22(8)19(5)30(36(44)45)20(6)23(34)9/h13-15,43,49H,12H2,1-11H3,(H,44,45)/t40-/m1/s1. The van der Waals surface area contributed by atoms with Gasteiger partial charge >= 0.3 is 23.9 Å². The zero-order valence-corrected chi connectivity index (χ0v) is 32.9. The van der Waals surface area contributed by atoms with Crippen LogP contribution in [0.4, 0.5) is 0 Å². The van der Waals surface area contributed by atoms with Crippen LogP contribution in [-0.2, 0) is 14.3 Å². The molecule has 0 aromatic heterocycles. The molecule has 0 saturated carbocycles. The number of ether oxygens (including phenoxy) is 4. The number of allylic oxidation sites excluding steroid dienone is 2. The number of hydrogen-bond donors (Lipinski definition) is 3. The number of aryl methyl sites for hydroxylation is 1. The van der Waals surface area contributed by atoms with Gasteiger partial charge in [0, 0.05) is 6.08 Å². The summed E-state index contributed by atoms with van der Waals surface area (Å²) in [7, 11) is 1.20. The number of halogens is 1. The molecule has 1 atom stereocenters. The molecule has 0 unspecified atom stereocenters. The number of phenolic OH excluding ortho intramolecular Hbond substituents is 1. The minimum absolute atomic E-state index is 0.0480. The quantitative estimate of drug-likeness (QED) is 0.147. The minimum atomic E-state index is -2.42. The number of methoxy groups -OCH3 is 1. The summed E-state index contributed by atoms with van der Waals surface area (Å²) in [6.07, 6.45) is 2.23. The Balaban J connectivity index is 1.67. The molecule has 4 rings (SSSR count). The van der Waals surface area contributed by atoms with Crippen LogP contribution in [0.2, 0.25) is 0 Å². The number of carbonyl (C=O) groups is 5. The van der Waals surface area contributed by atoms with Crippen LogP contribution in [0.25, 0.3) is 0 Å². The van der Waals surface area contributed by atoms with Gasteiger partial charge in [-0.15, -0.1) is 0 Å². The first-order chi connectivity index (χ1) is 24.6. The molecule has 0 bridgehead atoms. The number of carboxylic acids is 1. The second-order valence-corrected chi connectivity index (χ2v) is 13.8. The van der Waals surface area contributed by atoms with Crippen LogP contribution in [-0.4, -0.2) is 57.7 Å². The molecule has 1 aliphatic rings. The Kier molecular flexibility index (Phi) is 11.5. The lowest BCUT2D eigenvalue weighted by Crippen LogP contribution is -2.48. The molecule has 0 saturated heterocycles. The third-order valence-electron chi connectivity index (χ3n) is 10.0. The van der Waals surface area contributed by atoms with Gasteiger partial charge in [0.2, 0.25) is 5.60 Å². The van der Waals surface area contributed by atoms with Crippen molar-refractivity contribution in [2.24, 2.45) is 0 Å². The van der Waals surface area contributed by atoms with E-state index in [-0.39, 0.29) is 67.3 Å². The van der Waals surface area contributed by atoms with Crippen molar-refractivity contribution in [3.63, 3.8) is 0 Å². The van der Waals surface area contributed by atoms with Crippen molar-refractivity contribution in [3.05, 3.63) is 101 Å². The summed E-state index contributed by atoms with van der Waals surface area (Å²) in [5.74, 6) is -5.09. The lowest BCUT2D eigenvalue weighted by atomic mass is 9.84. The van der Waals surface area contributed by atoms with E-state index in [4.69, 9.17) is 18.9 Å². The molecule has 0 amide bonds. The number of aromatic hydroxyl groups is 1. The molecular weight excluding hydrogens is 752 g/mol. The number of carboxylic acid groups (broad SMARTS) is 1. The van der Waals surface area contributed by atoms with Crippen LogP contribution >= 0.6 is 15.9 Å². The first-order valence-electron chi connectivity index (χ1n) is 16.5. The zero-order chi connectivity index (χ0) is 40.0. The van der Waals surface area contributed by atoms with E-state index < -0.39 is 41.0 Å². The van der Waals surface area contributed by atoms with Crippen molar-refractivity contribution < 1.29 is 58.2 Å². The number of ketones is 1. The molecule has 3 aromatic carbocycles. The zero-order valence-electron chi connectivity index (χ0n) is 31.3. The maximum Gasteiger partial charge on any atom is 0.356 e. The fourth-order valence-electron chi connectivity index (χ4n) is 6.47. The molecular formula is C40H41BrO12. The predicted molar refractivity (Wildman–Crippen MR) is 197 cm³/mol. The average Bonchev–Trinajstić information content (AvgIpc) is 3.09. The number of carbonyl (C=O) groups excluding carboxylic acids is 4. The number of aliphatic hydroxyl groups is 1. The summed E-state index contributed by atoms with van der Waals surface area (Å²) in [5, 5.41) is 32.4. The highest BCUT2D eigenvalue weighted by atomic mass is 79.9. The second kappa shape index (κ2) is 15.0. The Morgan fingerprint density at radius 1 is 0.717 bits per heavy atom. The van der Waals surface area contributed by atoms with Gasteiger partial charge in [-0.2, -0.15) is 0 Å². The van der Waals surface area contributed by atoms with E-state index in [1.165, 1.54) is 20.1 Å². The van der Waals surface area contributed by atoms with Crippen molar-refractivity contribution in [2.45, 2.75) is 81.3 Å². The number of aromatic carboxylic acids is 1. The van der Waals surface area contributed by atoms with Gasteiger partial charge in [0.1, 0.15) is 33.0 Å².